The van der Waals surface area contributed by atoms with Gasteiger partial charge < -0.3 is 20.1 Å². The first-order chi connectivity index (χ1) is 14.0. The van der Waals surface area contributed by atoms with Gasteiger partial charge in [-0.1, -0.05) is 0 Å². The summed E-state index contributed by atoms with van der Waals surface area (Å²) in [5.74, 6) is 1.74. The van der Waals surface area contributed by atoms with Gasteiger partial charge in [0, 0.05) is 37.3 Å². The van der Waals surface area contributed by atoms with Gasteiger partial charge in [-0.05, 0) is 69.7 Å². The highest BCUT2D eigenvalue weighted by Gasteiger charge is 2.07. The Balaban J connectivity index is 2.04. The van der Waals surface area contributed by atoms with E-state index in [-0.39, 0.29) is 0 Å². The second kappa shape index (κ2) is 11.9. The number of benzene rings is 1. The standard InChI is InChI=1S/C20H28N6O2S/c1-5-28-17-9-7-16(8-10-17)24-20(29)26-18(21-11-6-12-27-4)25-19-22-14(2)13-15(3)23-19/h7-10,13H,5-6,11-12H2,1-4H3,(H3,21,22,23,24,25,26,29). The van der Waals surface area contributed by atoms with Gasteiger partial charge in [0.25, 0.3) is 0 Å². The van der Waals surface area contributed by atoms with Gasteiger partial charge >= 0.3 is 0 Å². The number of rotatable bonds is 8. The number of ether oxygens (including phenoxy) is 2. The number of aliphatic imine (C=N–C) groups is 1. The summed E-state index contributed by atoms with van der Waals surface area (Å²) in [7, 11) is 1.67. The third-order valence-electron chi connectivity index (χ3n) is 3.64. The Morgan fingerprint density at radius 2 is 1.79 bits per heavy atom. The molecule has 0 aliphatic heterocycles. The van der Waals surface area contributed by atoms with E-state index in [9.17, 15) is 0 Å². The largest absolute Gasteiger partial charge is 0.494 e. The molecule has 9 heteroatoms. The fourth-order valence-corrected chi connectivity index (χ4v) is 2.68. The van der Waals surface area contributed by atoms with E-state index in [4.69, 9.17) is 21.7 Å². The highest BCUT2D eigenvalue weighted by Crippen LogP contribution is 2.15. The molecule has 1 aromatic heterocycles. The Labute approximate surface area is 177 Å². The van der Waals surface area contributed by atoms with E-state index in [1.54, 1.807) is 7.11 Å². The van der Waals surface area contributed by atoms with E-state index < -0.39 is 0 Å². The van der Waals surface area contributed by atoms with Crippen LogP contribution in [0, 0.1) is 13.8 Å². The average molecular weight is 417 g/mol. The number of hydrogen-bond acceptors (Lipinski definition) is 6. The van der Waals surface area contributed by atoms with Gasteiger partial charge in [-0.25, -0.2) is 9.97 Å². The van der Waals surface area contributed by atoms with Gasteiger partial charge in [-0.2, -0.15) is 0 Å². The summed E-state index contributed by atoms with van der Waals surface area (Å²) in [5.41, 5.74) is 2.58. The zero-order valence-corrected chi connectivity index (χ0v) is 18.1. The van der Waals surface area contributed by atoms with Crippen molar-refractivity contribution in [2.24, 2.45) is 4.99 Å². The smallest absolute Gasteiger partial charge is 0.229 e. The zero-order valence-electron chi connectivity index (χ0n) is 17.3. The molecule has 0 aliphatic carbocycles. The molecule has 0 radical (unpaired) electrons. The predicted molar refractivity (Wildman–Crippen MR) is 121 cm³/mol. The van der Waals surface area contributed by atoms with Crippen LogP contribution in [0.15, 0.2) is 35.3 Å². The van der Waals surface area contributed by atoms with Crippen LogP contribution in [0.1, 0.15) is 24.7 Å². The molecule has 0 spiro atoms. The number of aromatic nitrogens is 2. The van der Waals surface area contributed by atoms with Crippen molar-refractivity contribution in [3.63, 3.8) is 0 Å². The Bertz CT molecular complexity index is 806. The van der Waals surface area contributed by atoms with Crippen molar-refractivity contribution in [1.82, 2.24) is 15.3 Å². The maximum Gasteiger partial charge on any atom is 0.229 e. The van der Waals surface area contributed by atoms with Crippen LogP contribution in [0.4, 0.5) is 11.6 Å². The summed E-state index contributed by atoms with van der Waals surface area (Å²) in [4.78, 5) is 13.3. The number of guanidine groups is 1. The van der Waals surface area contributed by atoms with Crippen LogP contribution in [0.3, 0.4) is 0 Å². The van der Waals surface area contributed by atoms with Crippen molar-refractivity contribution in [3.8, 4) is 5.75 Å². The molecular weight excluding hydrogens is 388 g/mol. The minimum Gasteiger partial charge on any atom is -0.494 e. The normalized spacial score (nSPS) is 11.1. The van der Waals surface area contributed by atoms with Crippen LogP contribution in [0.5, 0.6) is 5.75 Å². The molecule has 1 heterocycles. The highest BCUT2D eigenvalue weighted by molar-refractivity contribution is 7.80. The quantitative estimate of drug-likeness (QED) is 0.261. The maximum absolute atomic E-state index is 5.45. The maximum atomic E-state index is 5.45. The van der Waals surface area contributed by atoms with Crippen LogP contribution in [0.2, 0.25) is 0 Å². The van der Waals surface area contributed by atoms with Crippen molar-refractivity contribution in [2.45, 2.75) is 27.2 Å². The molecule has 2 aromatic rings. The fourth-order valence-electron chi connectivity index (χ4n) is 2.47. The summed E-state index contributed by atoms with van der Waals surface area (Å²) in [6.45, 7) is 7.61. The van der Waals surface area contributed by atoms with Gasteiger partial charge in [0.2, 0.25) is 11.9 Å². The molecular formula is C20H28N6O2S. The van der Waals surface area contributed by atoms with Gasteiger partial charge in [0.05, 0.1) is 6.61 Å². The summed E-state index contributed by atoms with van der Waals surface area (Å²) < 4.78 is 10.5. The Hall–Kier alpha value is -2.78. The minimum absolute atomic E-state index is 0.400. The molecule has 0 saturated heterocycles. The van der Waals surface area contributed by atoms with E-state index in [1.807, 2.05) is 51.1 Å². The number of hydrogen-bond donors (Lipinski definition) is 3. The lowest BCUT2D eigenvalue weighted by atomic mass is 10.3. The molecule has 3 N–H and O–H groups in total. The predicted octanol–water partition coefficient (Wildman–Crippen LogP) is 3.28. The van der Waals surface area contributed by atoms with Crippen LogP contribution in [-0.2, 0) is 4.74 Å². The van der Waals surface area contributed by atoms with E-state index in [2.05, 4.69) is 30.9 Å². The van der Waals surface area contributed by atoms with E-state index >= 15 is 0 Å². The molecule has 0 saturated carbocycles. The molecule has 0 bridgehead atoms. The van der Waals surface area contributed by atoms with Crippen LogP contribution in [0.25, 0.3) is 0 Å². The molecule has 0 amide bonds. The molecule has 0 aliphatic rings. The first-order valence-electron chi connectivity index (χ1n) is 9.43. The lowest BCUT2D eigenvalue weighted by molar-refractivity contribution is 0.197. The molecule has 1 aromatic carbocycles. The monoisotopic (exact) mass is 416 g/mol. The fraction of sp³-hybridized carbons (Fsp3) is 0.400. The van der Waals surface area contributed by atoms with Crippen molar-refractivity contribution in [3.05, 3.63) is 41.7 Å². The average Bonchev–Trinajstić information content (AvgIpc) is 2.66. The van der Waals surface area contributed by atoms with Crippen molar-refractivity contribution in [2.75, 3.05) is 37.5 Å². The summed E-state index contributed by atoms with van der Waals surface area (Å²) in [6, 6.07) is 9.47. The second-order valence-electron chi connectivity index (χ2n) is 6.21. The molecule has 2 rings (SSSR count). The van der Waals surface area contributed by atoms with E-state index in [0.717, 1.165) is 29.2 Å². The topological polar surface area (TPSA) is 92.7 Å². The summed E-state index contributed by atoms with van der Waals surface area (Å²) in [5, 5.41) is 9.72. The number of methoxy groups -OCH3 is 1. The lowest BCUT2D eigenvalue weighted by Crippen LogP contribution is -2.39. The lowest BCUT2D eigenvalue weighted by Gasteiger charge is -2.14. The Morgan fingerprint density at radius 3 is 2.41 bits per heavy atom. The van der Waals surface area contributed by atoms with Crippen molar-refractivity contribution in [1.29, 1.82) is 0 Å². The Morgan fingerprint density at radius 1 is 1.10 bits per heavy atom. The van der Waals surface area contributed by atoms with Crippen molar-refractivity contribution < 1.29 is 9.47 Å². The second-order valence-corrected chi connectivity index (χ2v) is 6.62. The number of nitrogens with one attached hydrogen (secondary N) is 3. The number of thiocarbonyl (C=S) groups is 1. The minimum atomic E-state index is 0.400. The van der Waals surface area contributed by atoms with Gasteiger partial charge in [0.1, 0.15) is 5.75 Å². The third-order valence-corrected chi connectivity index (χ3v) is 3.85. The number of anilines is 2. The Kier molecular flexibility index (Phi) is 9.26. The number of nitrogens with zero attached hydrogens (tertiary/aromatic N) is 3. The van der Waals surface area contributed by atoms with Gasteiger partial charge in [-0.3, -0.25) is 10.3 Å². The van der Waals surface area contributed by atoms with Gasteiger partial charge in [-0.15, -0.1) is 0 Å². The molecule has 0 fully saturated rings. The SMILES string of the molecule is CCOc1ccc(NC(=S)NC(=NCCCOC)Nc2nc(C)cc(C)n2)cc1. The number of aryl methyl sites for hydroxylation is 2. The first-order valence-corrected chi connectivity index (χ1v) is 9.84. The molecule has 8 nitrogen and oxygen atoms in total. The highest BCUT2D eigenvalue weighted by atomic mass is 32.1. The zero-order chi connectivity index (χ0) is 21.1. The molecule has 0 unspecified atom stereocenters. The third kappa shape index (κ3) is 8.41. The van der Waals surface area contributed by atoms with Crippen molar-refractivity contribution >= 4 is 34.9 Å². The molecule has 0 atom stereocenters. The molecule has 29 heavy (non-hydrogen) atoms. The van der Waals surface area contributed by atoms with E-state index in [1.165, 1.54) is 0 Å². The van der Waals surface area contributed by atoms with Crippen LogP contribution < -0.4 is 20.7 Å². The summed E-state index contributed by atoms with van der Waals surface area (Å²) in [6.07, 6.45) is 0.788. The summed E-state index contributed by atoms with van der Waals surface area (Å²) >= 11 is 5.43. The first kappa shape index (κ1) is 22.5. The molecule has 156 valence electrons. The van der Waals surface area contributed by atoms with Gasteiger partial charge in [0.15, 0.2) is 5.11 Å². The van der Waals surface area contributed by atoms with Crippen LogP contribution in [-0.4, -0.2) is 47.9 Å². The van der Waals surface area contributed by atoms with E-state index in [0.29, 0.717) is 36.8 Å². The van der Waals surface area contributed by atoms with Crippen LogP contribution >= 0.6 is 12.2 Å².